The van der Waals surface area contributed by atoms with Crippen molar-refractivity contribution in [1.29, 1.82) is 0 Å². The summed E-state index contributed by atoms with van der Waals surface area (Å²) < 4.78 is 3.62. The molecule has 0 spiro atoms. The van der Waals surface area contributed by atoms with E-state index in [1.54, 1.807) is 11.0 Å². The highest BCUT2D eigenvalue weighted by atomic mass is 15.4. The van der Waals surface area contributed by atoms with Crippen LogP contribution in [0, 0.1) is 6.92 Å². The van der Waals surface area contributed by atoms with Crippen molar-refractivity contribution in [3.05, 3.63) is 23.8 Å². The molecule has 2 aromatic rings. The normalized spacial score (nSPS) is 10.9. The van der Waals surface area contributed by atoms with Crippen molar-refractivity contribution in [2.45, 2.75) is 20.0 Å². The number of nitrogens with two attached hydrogens (primary N) is 1. The average molecular weight is 207 g/mol. The van der Waals surface area contributed by atoms with Crippen LogP contribution in [0.3, 0.4) is 0 Å². The van der Waals surface area contributed by atoms with Crippen LogP contribution in [-0.2, 0) is 20.1 Å². The lowest BCUT2D eigenvalue weighted by molar-refractivity contribution is 0.618. The predicted molar refractivity (Wildman–Crippen MR) is 52.8 cm³/mol. The molecule has 0 saturated carbocycles. The van der Waals surface area contributed by atoms with Gasteiger partial charge in [0, 0.05) is 7.05 Å². The van der Waals surface area contributed by atoms with E-state index in [1.165, 1.54) is 0 Å². The zero-order valence-electron chi connectivity index (χ0n) is 8.75. The van der Waals surface area contributed by atoms with Crippen LogP contribution >= 0.6 is 0 Å². The molecule has 7 nitrogen and oxygen atoms in total. The van der Waals surface area contributed by atoms with Gasteiger partial charge in [-0.1, -0.05) is 0 Å². The summed E-state index contributed by atoms with van der Waals surface area (Å²) >= 11 is 0. The standard InChI is InChI=1S/C8H13N7/c1-6-11-12-8(14(6)2)4-15-5-10-7(3-9)13-15/h5H,3-4,9H2,1-2H3. The number of aromatic nitrogens is 6. The van der Waals surface area contributed by atoms with E-state index >= 15 is 0 Å². The van der Waals surface area contributed by atoms with Gasteiger partial charge in [-0.25, -0.2) is 9.67 Å². The average Bonchev–Trinajstić information content (AvgIpc) is 2.80. The molecule has 0 aliphatic heterocycles. The van der Waals surface area contributed by atoms with E-state index in [0.717, 1.165) is 11.6 Å². The minimum atomic E-state index is 0.352. The third-order valence-electron chi connectivity index (χ3n) is 2.25. The topological polar surface area (TPSA) is 87.4 Å². The fourth-order valence-electron chi connectivity index (χ4n) is 1.24. The monoisotopic (exact) mass is 207 g/mol. The molecular formula is C8H13N7. The molecule has 0 bridgehead atoms. The van der Waals surface area contributed by atoms with Gasteiger partial charge in [0.25, 0.3) is 0 Å². The maximum Gasteiger partial charge on any atom is 0.164 e. The van der Waals surface area contributed by atoms with Crippen molar-refractivity contribution >= 4 is 0 Å². The summed E-state index contributed by atoms with van der Waals surface area (Å²) in [5, 5.41) is 12.2. The Labute approximate surface area is 86.9 Å². The van der Waals surface area contributed by atoms with Gasteiger partial charge >= 0.3 is 0 Å². The molecule has 0 aliphatic rings. The van der Waals surface area contributed by atoms with Crippen LogP contribution in [0.1, 0.15) is 17.5 Å². The van der Waals surface area contributed by atoms with Gasteiger partial charge in [0.15, 0.2) is 11.6 Å². The molecule has 2 aromatic heterocycles. The molecule has 2 rings (SSSR count). The van der Waals surface area contributed by atoms with Crippen LogP contribution in [0.5, 0.6) is 0 Å². The molecule has 0 aliphatic carbocycles. The minimum Gasteiger partial charge on any atom is -0.324 e. The van der Waals surface area contributed by atoms with Crippen LogP contribution in [0.15, 0.2) is 6.33 Å². The van der Waals surface area contributed by atoms with E-state index in [2.05, 4.69) is 20.3 Å². The van der Waals surface area contributed by atoms with Gasteiger partial charge in [-0.3, -0.25) is 0 Å². The largest absolute Gasteiger partial charge is 0.324 e. The second kappa shape index (κ2) is 3.77. The molecule has 0 fully saturated rings. The molecule has 2 heterocycles. The molecule has 15 heavy (non-hydrogen) atoms. The lowest BCUT2D eigenvalue weighted by atomic mass is 10.5. The Kier molecular flexibility index (Phi) is 2.46. The fraction of sp³-hybridized carbons (Fsp3) is 0.500. The van der Waals surface area contributed by atoms with Crippen molar-refractivity contribution in [3.8, 4) is 0 Å². The fourth-order valence-corrected chi connectivity index (χ4v) is 1.24. The SMILES string of the molecule is Cc1nnc(Cn2cnc(CN)n2)n1C. The van der Waals surface area contributed by atoms with E-state index in [9.17, 15) is 0 Å². The lowest BCUT2D eigenvalue weighted by Crippen LogP contribution is -2.08. The zero-order valence-corrected chi connectivity index (χ0v) is 8.75. The maximum atomic E-state index is 5.42. The first-order chi connectivity index (χ1) is 7.20. The highest BCUT2D eigenvalue weighted by Crippen LogP contribution is 2.00. The minimum absolute atomic E-state index is 0.352. The quantitative estimate of drug-likeness (QED) is 0.713. The second-order valence-electron chi connectivity index (χ2n) is 3.28. The zero-order chi connectivity index (χ0) is 10.8. The van der Waals surface area contributed by atoms with E-state index in [1.807, 2.05) is 18.5 Å². The Morgan fingerprint density at radius 3 is 2.73 bits per heavy atom. The lowest BCUT2D eigenvalue weighted by Gasteiger charge is -2.00. The summed E-state index contributed by atoms with van der Waals surface area (Å²) in [6, 6.07) is 0. The molecule has 0 saturated heterocycles. The number of aryl methyl sites for hydroxylation is 1. The molecule has 0 aromatic carbocycles. The molecule has 7 heteroatoms. The Hall–Kier alpha value is -1.76. The van der Waals surface area contributed by atoms with Gasteiger partial charge in [0.1, 0.15) is 18.7 Å². The number of nitrogens with zero attached hydrogens (tertiary/aromatic N) is 6. The van der Waals surface area contributed by atoms with Crippen molar-refractivity contribution in [3.63, 3.8) is 0 Å². The van der Waals surface area contributed by atoms with Crippen molar-refractivity contribution < 1.29 is 0 Å². The summed E-state index contributed by atoms with van der Waals surface area (Å²) in [4.78, 5) is 4.04. The first-order valence-corrected chi connectivity index (χ1v) is 4.64. The van der Waals surface area contributed by atoms with Gasteiger partial charge in [-0.2, -0.15) is 5.10 Å². The van der Waals surface area contributed by atoms with E-state index in [-0.39, 0.29) is 0 Å². The molecular weight excluding hydrogens is 194 g/mol. The summed E-state index contributed by atoms with van der Waals surface area (Å²) in [6.07, 6.45) is 1.65. The molecule has 0 radical (unpaired) electrons. The summed E-state index contributed by atoms with van der Waals surface area (Å²) in [5.74, 6) is 2.36. The van der Waals surface area contributed by atoms with Crippen LogP contribution in [0.4, 0.5) is 0 Å². The summed E-state index contributed by atoms with van der Waals surface area (Å²) in [5.41, 5.74) is 5.42. The Morgan fingerprint density at radius 2 is 2.20 bits per heavy atom. The van der Waals surface area contributed by atoms with E-state index in [0.29, 0.717) is 18.9 Å². The second-order valence-corrected chi connectivity index (χ2v) is 3.28. The first kappa shape index (κ1) is 9.78. The molecule has 2 N–H and O–H groups in total. The van der Waals surface area contributed by atoms with Gasteiger partial charge in [-0.15, -0.1) is 10.2 Å². The van der Waals surface area contributed by atoms with Crippen LogP contribution in [0.2, 0.25) is 0 Å². The van der Waals surface area contributed by atoms with Gasteiger partial charge in [-0.05, 0) is 6.92 Å². The van der Waals surface area contributed by atoms with Crippen molar-refractivity contribution in [2.24, 2.45) is 12.8 Å². The van der Waals surface area contributed by atoms with E-state index < -0.39 is 0 Å². The van der Waals surface area contributed by atoms with E-state index in [4.69, 9.17) is 5.73 Å². The van der Waals surface area contributed by atoms with Crippen molar-refractivity contribution in [1.82, 2.24) is 29.5 Å². The predicted octanol–water partition coefficient (Wildman–Crippen LogP) is -0.778. The Bertz CT molecular complexity index is 455. The molecule has 0 unspecified atom stereocenters. The number of rotatable bonds is 3. The highest BCUT2D eigenvalue weighted by molar-refractivity contribution is 4.93. The summed E-state index contributed by atoms with van der Waals surface area (Å²) in [6.45, 7) is 2.82. The summed E-state index contributed by atoms with van der Waals surface area (Å²) in [7, 11) is 1.92. The molecule has 0 amide bonds. The first-order valence-electron chi connectivity index (χ1n) is 4.64. The maximum absolute atomic E-state index is 5.42. The smallest absolute Gasteiger partial charge is 0.164 e. The van der Waals surface area contributed by atoms with Crippen LogP contribution in [0.25, 0.3) is 0 Å². The number of hydrogen-bond donors (Lipinski definition) is 1. The van der Waals surface area contributed by atoms with Gasteiger partial charge in [0.2, 0.25) is 0 Å². The Balaban J connectivity index is 2.18. The van der Waals surface area contributed by atoms with Gasteiger partial charge in [0.05, 0.1) is 6.54 Å². The van der Waals surface area contributed by atoms with Crippen molar-refractivity contribution in [2.75, 3.05) is 0 Å². The highest BCUT2D eigenvalue weighted by Gasteiger charge is 2.06. The third kappa shape index (κ3) is 1.86. The van der Waals surface area contributed by atoms with Gasteiger partial charge < -0.3 is 10.3 Å². The Morgan fingerprint density at radius 1 is 1.40 bits per heavy atom. The molecule has 0 atom stereocenters. The van der Waals surface area contributed by atoms with Crippen LogP contribution in [-0.4, -0.2) is 29.5 Å². The van der Waals surface area contributed by atoms with Crippen LogP contribution < -0.4 is 5.73 Å². The third-order valence-corrected chi connectivity index (χ3v) is 2.25. The molecule has 80 valence electrons. The number of hydrogen-bond acceptors (Lipinski definition) is 5.